The van der Waals surface area contributed by atoms with Gasteiger partial charge in [0.15, 0.2) is 0 Å². The molecule has 0 aliphatic rings. The molecule has 0 bridgehead atoms. The molecular weight excluding hydrogens is 272 g/mol. The van der Waals surface area contributed by atoms with E-state index in [1.54, 1.807) is 19.3 Å². The average Bonchev–Trinajstić information content (AvgIpc) is 2.74. The van der Waals surface area contributed by atoms with Crippen molar-refractivity contribution in [3.8, 4) is 0 Å². The normalized spacial score (nSPS) is 11.1. The number of carbonyl (C=O) groups is 2. The molecule has 0 aromatic carbocycles. The third kappa shape index (κ3) is 5.06. The molecule has 0 unspecified atom stereocenters. The fraction of sp³-hybridized carbons (Fsp3) is 0.500. The summed E-state index contributed by atoms with van der Waals surface area (Å²) in [6, 6.07) is 3.18. The zero-order valence-electron chi connectivity index (χ0n) is 11.1. The lowest BCUT2D eigenvalue weighted by Gasteiger charge is -2.19. The van der Waals surface area contributed by atoms with Crippen LogP contribution in [0.1, 0.15) is 10.5 Å². The fourth-order valence-electron chi connectivity index (χ4n) is 1.70. The zero-order chi connectivity index (χ0) is 15.1. The minimum absolute atomic E-state index is 0.0594. The lowest BCUT2D eigenvalue weighted by atomic mass is 10.3. The van der Waals surface area contributed by atoms with E-state index in [0.29, 0.717) is 5.69 Å². The highest BCUT2D eigenvalue weighted by atomic mass is 19.3. The van der Waals surface area contributed by atoms with Crippen LogP contribution in [-0.4, -0.2) is 59.1 Å². The number of amides is 2. The first-order chi connectivity index (χ1) is 9.43. The van der Waals surface area contributed by atoms with E-state index in [-0.39, 0.29) is 19.7 Å². The molecule has 0 atom stereocenters. The van der Waals surface area contributed by atoms with Crippen LogP contribution in [0, 0.1) is 0 Å². The smallest absolute Gasteiger partial charge is 0.274 e. The molecule has 0 spiro atoms. The quantitative estimate of drug-likeness (QED) is 0.731. The molecule has 1 aromatic heterocycles. The molecule has 2 N–H and O–H groups in total. The number of carbonyl (C=O) groups excluding carboxylic acids is 2. The summed E-state index contributed by atoms with van der Waals surface area (Å²) in [5.41, 5.74) is 0.293. The maximum Gasteiger partial charge on any atom is 0.274 e. The van der Waals surface area contributed by atoms with Crippen LogP contribution in [0.5, 0.6) is 0 Å². The Morgan fingerprint density at radius 2 is 2.20 bits per heavy atom. The summed E-state index contributed by atoms with van der Waals surface area (Å²) >= 11 is 0. The number of hydrogen-bond acceptors (Lipinski definition) is 4. The van der Waals surface area contributed by atoms with Crippen molar-refractivity contribution in [2.75, 3.05) is 26.2 Å². The van der Waals surface area contributed by atoms with Gasteiger partial charge < -0.3 is 9.67 Å². The summed E-state index contributed by atoms with van der Waals surface area (Å²) < 4.78 is 26.1. The highest BCUT2D eigenvalue weighted by Crippen LogP contribution is 2.00. The van der Waals surface area contributed by atoms with Gasteiger partial charge in [0.2, 0.25) is 5.91 Å². The van der Waals surface area contributed by atoms with Crippen molar-refractivity contribution < 1.29 is 23.5 Å². The van der Waals surface area contributed by atoms with Crippen molar-refractivity contribution in [3.63, 3.8) is 0 Å². The molecule has 2 amide bonds. The van der Waals surface area contributed by atoms with Crippen molar-refractivity contribution >= 4 is 11.8 Å². The second-order valence-electron chi connectivity index (χ2n) is 4.23. The summed E-state index contributed by atoms with van der Waals surface area (Å²) in [6.07, 6.45) is -0.966. The van der Waals surface area contributed by atoms with Gasteiger partial charge in [0, 0.05) is 19.8 Å². The summed E-state index contributed by atoms with van der Waals surface area (Å²) in [6.45, 7) is -1.41. The minimum Gasteiger partial charge on any atom is -0.395 e. The summed E-state index contributed by atoms with van der Waals surface area (Å²) in [5.74, 6) is -1.28. The van der Waals surface area contributed by atoms with Crippen molar-refractivity contribution in [3.05, 3.63) is 24.0 Å². The van der Waals surface area contributed by atoms with E-state index < -0.39 is 24.8 Å². The summed E-state index contributed by atoms with van der Waals surface area (Å²) in [5, 5.41) is 10.9. The standard InChI is InChI=1S/C12H17F2N3O3/c1-16-4-2-3-9(16)12(20)15-11(19)8-17(5-6-18)7-10(13)14/h2-4,10,18H,5-8H2,1H3,(H,15,19,20). The van der Waals surface area contributed by atoms with Gasteiger partial charge in [-0.2, -0.15) is 0 Å². The Morgan fingerprint density at radius 1 is 1.50 bits per heavy atom. The van der Waals surface area contributed by atoms with Crippen LogP contribution in [-0.2, 0) is 11.8 Å². The zero-order valence-corrected chi connectivity index (χ0v) is 11.1. The maximum absolute atomic E-state index is 12.3. The monoisotopic (exact) mass is 289 g/mol. The number of alkyl halides is 2. The molecule has 1 aromatic rings. The van der Waals surface area contributed by atoms with Crippen LogP contribution in [0.2, 0.25) is 0 Å². The predicted octanol–water partition coefficient (Wildman–Crippen LogP) is -0.159. The van der Waals surface area contributed by atoms with Crippen LogP contribution < -0.4 is 5.32 Å². The number of aliphatic hydroxyl groups is 1. The van der Waals surface area contributed by atoms with Gasteiger partial charge in [0.1, 0.15) is 5.69 Å². The Morgan fingerprint density at radius 3 is 2.70 bits per heavy atom. The van der Waals surface area contributed by atoms with E-state index in [2.05, 4.69) is 5.32 Å². The molecule has 0 saturated carbocycles. The first-order valence-electron chi connectivity index (χ1n) is 6.01. The van der Waals surface area contributed by atoms with E-state index in [0.717, 1.165) is 4.90 Å². The second-order valence-corrected chi connectivity index (χ2v) is 4.23. The van der Waals surface area contributed by atoms with E-state index in [4.69, 9.17) is 5.11 Å². The van der Waals surface area contributed by atoms with E-state index >= 15 is 0 Å². The number of nitrogens with zero attached hydrogens (tertiary/aromatic N) is 2. The molecule has 0 fully saturated rings. The van der Waals surface area contributed by atoms with Gasteiger partial charge in [-0.25, -0.2) is 8.78 Å². The van der Waals surface area contributed by atoms with Crippen LogP contribution in [0.4, 0.5) is 8.78 Å². The molecule has 20 heavy (non-hydrogen) atoms. The van der Waals surface area contributed by atoms with Gasteiger partial charge in [0.25, 0.3) is 12.3 Å². The van der Waals surface area contributed by atoms with Gasteiger partial charge in [-0.05, 0) is 12.1 Å². The van der Waals surface area contributed by atoms with Crippen LogP contribution in [0.3, 0.4) is 0 Å². The molecule has 0 aliphatic heterocycles. The van der Waals surface area contributed by atoms with Crippen LogP contribution in [0.15, 0.2) is 18.3 Å². The molecule has 0 saturated heterocycles. The average molecular weight is 289 g/mol. The number of halogens is 2. The van der Waals surface area contributed by atoms with Crippen molar-refractivity contribution in [1.29, 1.82) is 0 Å². The third-order valence-corrected chi connectivity index (χ3v) is 2.61. The summed E-state index contributed by atoms with van der Waals surface area (Å²) in [4.78, 5) is 24.4. The van der Waals surface area contributed by atoms with Gasteiger partial charge in [-0.3, -0.25) is 19.8 Å². The first-order valence-corrected chi connectivity index (χ1v) is 6.01. The first kappa shape index (κ1) is 16.3. The molecule has 0 radical (unpaired) electrons. The van der Waals surface area contributed by atoms with Crippen LogP contribution in [0.25, 0.3) is 0 Å². The van der Waals surface area contributed by atoms with Gasteiger partial charge in [-0.1, -0.05) is 0 Å². The number of nitrogens with one attached hydrogen (secondary N) is 1. The Bertz CT molecular complexity index is 463. The highest BCUT2D eigenvalue weighted by molar-refractivity contribution is 6.04. The molecule has 1 rings (SSSR count). The Kier molecular flexibility index (Phi) is 6.26. The Hall–Kier alpha value is -1.80. The van der Waals surface area contributed by atoms with Crippen molar-refractivity contribution in [2.24, 2.45) is 7.05 Å². The lowest BCUT2D eigenvalue weighted by molar-refractivity contribution is -0.121. The van der Waals surface area contributed by atoms with Gasteiger partial charge in [-0.15, -0.1) is 0 Å². The number of aryl methyl sites for hydroxylation is 1. The van der Waals surface area contributed by atoms with Gasteiger partial charge in [0.05, 0.1) is 19.7 Å². The number of imide groups is 1. The Balaban J connectivity index is 2.53. The largest absolute Gasteiger partial charge is 0.395 e. The lowest BCUT2D eigenvalue weighted by Crippen LogP contribution is -2.43. The molecule has 6 nitrogen and oxygen atoms in total. The number of aliphatic hydroxyl groups excluding tert-OH is 1. The minimum atomic E-state index is -2.61. The van der Waals surface area contributed by atoms with E-state index in [9.17, 15) is 18.4 Å². The van der Waals surface area contributed by atoms with E-state index in [1.807, 2.05) is 0 Å². The molecule has 0 aliphatic carbocycles. The van der Waals surface area contributed by atoms with Gasteiger partial charge >= 0.3 is 0 Å². The number of rotatable bonds is 7. The third-order valence-electron chi connectivity index (χ3n) is 2.61. The number of hydrogen-bond donors (Lipinski definition) is 2. The van der Waals surface area contributed by atoms with Crippen molar-refractivity contribution in [1.82, 2.24) is 14.8 Å². The van der Waals surface area contributed by atoms with Crippen LogP contribution >= 0.6 is 0 Å². The maximum atomic E-state index is 12.3. The topological polar surface area (TPSA) is 74.6 Å². The van der Waals surface area contributed by atoms with Crippen molar-refractivity contribution in [2.45, 2.75) is 6.43 Å². The molecule has 112 valence electrons. The summed E-state index contributed by atoms with van der Waals surface area (Å²) in [7, 11) is 1.65. The predicted molar refractivity (Wildman–Crippen MR) is 67.4 cm³/mol. The number of aromatic nitrogens is 1. The van der Waals surface area contributed by atoms with E-state index in [1.165, 1.54) is 10.6 Å². The Labute approximate surface area is 115 Å². The molecule has 8 heteroatoms. The molecular formula is C12H17F2N3O3. The fourth-order valence-corrected chi connectivity index (χ4v) is 1.70. The SMILES string of the molecule is Cn1cccc1C(=O)NC(=O)CN(CCO)CC(F)F. The molecule has 1 heterocycles. The second kappa shape index (κ2) is 7.71. The highest BCUT2D eigenvalue weighted by Gasteiger charge is 2.18.